The third kappa shape index (κ3) is 5.19. The number of thioether (sulfide) groups is 1. The van der Waals surface area contributed by atoms with Crippen LogP contribution in [0, 0.1) is 23.7 Å². The van der Waals surface area contributed by atoms with Crippen LogP contribution in [0.2, 0.25) is 0 Å². The number of hydrogen-bond donors (Lipinski definition) is 2. The van der Waals surface area contributed by atoms with Gasteiger partial charge >= 0.3 is 0 Å². The maximum atomic E-state index is 14.3. The molecule has 1 aliphatic carbocycles. The minimum absolute atomic E-state index is 0.0705. The number of ether oxygens (including phenoxy) is 1. The van der Waals surface area contributed by atoms with Crippen molar-refractivity contribution < 1.29 is 19.1 Å². The highest BCUT2D eigenvalue weighted by molar-refractivity contribution is 7.98. The number of anilines is 1. The fraction of sp³-hybridized carbons (Fsp3) is 0.667. The second-order valence-corrected chi connectivity index (χ2v) is 14.1. The summed E-state index contributed by atoms with van der Waals surface area (Å²) in [5.41, 5.74) is -0.435. The lowest BCUT2D eigenvalue weighted by Gasteiger charge is -2.39. The molecule has 0 radical (unpaired) electrons. The van der Waals surface area contributed by atoms with E-state index in [1.54, 1.807) is 16.7 Å². The van der Waals surface area contributed by atoms with E-state index in [2.05, 4.69) is 36.3 Å². The molecule has 8 nitrogen and oxygen atoms in total. The number of rotatable bonds is 8. The summed E-state index contributed by atoms with van der Waals surface area (Å²) in [6.45, 7) is 8.88. The zero-order valence-corrected chi connectivity index (χ0v) is 26.2. The first-order chi connectivity index (χ1) is 20.2. The Morgan fingerprint density at radius 1 is 1.07 bits per heavy atom. The molecule has 2 bridgehead atoms. The summed E-state index contributed by atoms with van der Waals surface area (Å²) >= 11 is 1.61. The molecule has 1 spiro atoms. The highest BCUT2D eigenvalue weighted by atomic mass is 32.2. The standard InChI is InChI=1S/C33H46N4O4S/c1-20-9-7-13-25(22(20)3)35-31(39)29-33-15-14-26(41-33)27(30(38)34-23-11-8-12-24(19-23)42-4)28(33)32(40)37(29)18-17-36-16-6-5-10-21(36)2/h8,11-12,14-15,19-22,25-29H,5-7,9-10,13,16-18H2,1-4H3,(H,34,38)(H,35,39)/t20?,21?,22?,25?,26-,27?,28-,29?,33?/m0/s1. The van der Waals surface area contributed by atoms with Crippen LogP contribution >= 0.6 is 11.8 Å². The van der Waals surface area contributed by atoms with E-state index in [4.69, 9.17) is 4.74 Å². The molecule has 3 saturated heterocycles. The smallest absolute Gasteiger partial charge is 0.246 e. The topological polar surface area (TPSA) is 91.0 Å². The summed E-state index contributed by atoms with van der Waals surface area (Å²) in [4.78, 5) is 47.6. The minimum Gasteiger partial charge on any atom is -0.359 e. The minimum atomic E-state index is -1.13. The van der Waals surface area contributed by atoms with Crippen molar-refractivity contribution in [3.05, 3.63) is 36.4 Å². The van der Waals surface area contributed by atoms with Crippen LogP contribution in [-0.2, 0) is 19.1 Å². The number of hydrogen-bond acceptors (Lipinski definition) is 6. The third-order valence-electron chi connectivity index (χ3n) is 10.9. The fourth-order valence-corrected chi connectivity index (χ4v) is 8.67. The number of fused-ring (bicyclic) bond motifs is 1. The van der Waals surface area contributed by atoms with Crippen molar-refractivity contribution in [3.63, 3.8) is 0 Å². The van der Waals surface area contributed by atoms with Gasteiger partial charge in [-0.3, -0.25) is 19.3 Å². The molecule has 9 heteroatoms. The lowest BCUT2D eigenvalue weighted by atomic mass is 9.73. The van der Waals surface area contributed by atoms with Crippen LogP contribution in [0.25, 0.3) is 0 Å². The molecule has 5 aliphatic rings. The second kappa shape index (κ2) is 12.0. The van der Waals surface area contributed by atoms with E-state index >= 15 is 0 Å². The van der Waals surface area contributed by atoms with Gasteiger partial charge in [-0.15, -0.1) is 11.8 Å². The molecule has 2 N–H and O–H groups in total. The van der Waals surface area contributed by atoms with E-state index in [9.17, 15) is 14.4 Å². The highest BCUT2D eigenvalue weighted by Crippen LogP contribution is 2.55. The van der Waals surface area contributed by atoms with Gasteiger partial charge in [-0.25, -0.2) is 0 Å². The van der Waals surface area contributed by atoms with Crippen LogP contribution in [0.15, 0.2) is 41.3 Å². The van der Waals surface area contributed by atoms with Gasteiger partial charge in [-0.1, -0.05) is 51.3 Å². The summed E-state index contributed by atoms with van der Waals surface area (Å²) < 4.78 is 6.57. The van der Waals surface area contributed by atoms with E-state index in [-0.39, 0.29) is 23.8 Å². The largest absolute Gasteiger partial charge is 0.359 e. The molecule has 9 atom stereocenters. The van der Waals surface area contributed by atoms with Crippen LogP contribution in [-0.4, -0.2) is 83.2 Å². The number of carbonyl (C=O) groups is 3. The molecule has 4 aliphatic heterocycles. The first-order valence-electron chi connectivity index (χ1n) is 15.9. The SMILES string of the molecule is CSc1cccc(NC(=O)C2[C@@H]3C=CC4(O3)C(C(=O)NC3CCCC(C)C3C)N(CCN3CCCCC3C)C(=O)[C@H]24)c1. The van der Waals surface area contributed by atoms with Crippen molar-refractivity contribution in [2.75, 3.05) is 31.2 Å². The summed E-state index contributed by atoms with van der Waals surface area (Å²) in [6.07, 6.45) is 12.0. The van der Waals surface area contributed by atoms with Gasteiger partial charge in [0.2, 0.25) is 17.7 Å². The van der Waals surface area contributed by atoms with Crippen LogP contribution < -0.4 is 10.6 Å². The van der Waals surface area contributed by atoms with Gasteiger partial charge < -0.3 is 20.3 Å². The molecule has 4 fully saturated rings. The quantitative estimate of drug-likeness (QED) is 0.344. The molecule has 1 saturated carbocycles. The van der Waals surface area contributed by atoms with Crippen LogP contribution in [0.3, 0.4) is 0 Å². The van der Waals surface area contributed by atoms with Gasteiger partial charge in [-0.2, -0.15) is 0 Å². The molecule has 1 aromatic carbocycles. The first kappa shape index (κ1) is 29.7. The average molecular weight is 595 g/mol. The van der Waals surface area contributed by atoms with Gasteiger partial charge in [0, 0.05) is 35.8 Å². The monoisotopic (exact) mass is 594 g/mol. The summed E-state index contributed by atoms with van der Waals surface area (Å²) in [7, 11) is 0. The van der Waals surface area contributed by atoms with Crippen molar-refractivity contribution in [1.82, 2.24) is 15.1 Å². The van der Waals surface area contributed by atoms with Crippen LogP contribution in [0.4, 0.5) is 5.69 Å². The predicted octanol–water partition coefficient (Wildman–Crippen LogP) is 4.31. The van der Waals surface area contributed by atoms with Gasteiger partial charge in [0.1, 0.15) is 11.6 Å². The normalized spacial score (nSPS) is 37.6. The van der Waals surface area contributed by atoms with Crippen molar-refractivity contribution >= 4 is 35.2 Å². The average Bonchev–Trinajstić information content (AvgIpc) is 3.62. The lowest BCUT2D eigenvalue weighted by molar-refractivity contribution is -0.142. The summed E-state index contributed by atoms with van der Waals surface area (Å²) in [6, 6.07) is 7.44. The molecule has 228 valence electrons. The van der Waals surface area contributed by atoms with E-state index in [1.807, 2.05) is 42.7 Å². The van der Waals surface area contributed by atoms with Gasteiger partial charge in [0.25, 0.3) is 0 Å². The molecule has 6 rings (SSSR count). The Labute approximate surface area is 254 Å². The van der Waals surface area contributed by atoms with Crippen LogP contribution in [0.1, 0.15) is 59.3 Å². The Kier molecular flexibility index (Phi) is 8.46. The maximum absolute atomic E-state index is 14.3. The van der Waals surface area contributed by atoms with Crippen molar-refractivity contribution in [2.45, 2.75) is 94.0 Å². The lowest BCUT2D eigenvalue weighted by Crippen LogP contribution is -2.58. The second-order valence-electron chi connectivity index (χ2n) is 13.2. The zero-order valence-electron chi connectivity index (χ0n) is 25.4. The summed E-state index contributed by atoms with van der Waals surface area (Å²) in [5.74, 6) is -1.05. The molecular weight excluding hydrogens is 548 g/mol. The summed E-state index contributed by atoms with van der Waals surface area (Å²) in [5, 5.41) is 6.41. The number of nitrogens with zero attached hydrogens (tertiary/aromatic N) is 2. The maximum Gasteiger partial charge on any atom is 0.246 e. The molecule has 7 unspecified atom stereocenters. The number of likely N-dealkylation sites (tertiary alicyclic amines) is 2. The van der Waals surface area contributed by atoms with Crippen molar-refractivity contribution in [1.29, 1.82) is 0 Å². The molecule has 42 heavy (non-hydrogen) atoms. The van der Waals surface area contributed by atoms with Crippen molar-refractivity contribution in [2.24, 2.45) is 23.7 Å². The van der Waals surface area contributed by atoms with Gasteiger partial charge in [0.15, 0.2) is 0 Å². The Balaban J connectivity index is 1.28. The number of amides is 3. The Morgan fingerprint density at radius 2 is 1.90 bits per heavy atom. The fourth-order valence-electron chi connectivity index (χ4n) is 8.21. The molecular formula is C33H46N4O4S. The van der Waals surface area contributed by atoms with E-state index in [1.165, 1.54) is 12.8 Å². The Bertz CT molecular complexity index is 1240. The number of nitrogens with one attached hydrogen (secondary N) is 2. The van der Waals surface area contributed by atoms with Crippen molar-refractivity contribution in [3.8, 4) is 0 Å². The molecule has 1 aromatic rings. The third-order valence-corrected chi connectivity index (χ3v) is 11.6. The van der Waals surface area contributed by atoms with E-state index < -0.39 is 29.6 Å². The highest BCUT2D eigenvalue weighted by Gasteiger charge is 2.72. The number of carbonyl (C=O) groups excluding carboxylic acids is 3. The van der Waals surface area contributed by atoms with Gasteiger partial charge in [0.05, 0.1) is 17.9 Å². The molecule has 0 aromatic heterocycles. The zero-order chi connectivity index (χ0) is 29.6. The van der Waals surface area contributed by atoms with Crippen LogP contribution in [0.5, 0.6) is 0 Å². The first-order valence-corrected chi connectivity index (χ1v) is 17.1. The van der Waals surface area contributed by atoms with E-state index in [0.29, 0.717) is 36.7 Å². The Hall–Kier alpha value is -2.36. The van der Waals surface area contributed by atoms with Gasteiger partial charge in [-0.05, 0) is 69.0 Å². The number of benzene rings is 1. The molecule has 4 heterocycles. The predicted molar refractivity (Wildman–Crippen MR) is 165 cm³/mol. The molecule has 3 amide bonds. The Morgan fingerprint density at radius 3 is 2.69 bits per heavy atom. The number of piperidine rings is 1. The van der Waals surface area contributed by atoms with E-state index in [0.717, 1.165) is 37.1 Å².